The Morgan fingerprint density at radius 2 is 2.00 bits per heavy atom. The lowest BCUT2D eigenvalue weighted by atomic mass is 9.89. The fourth-order valence-corrected chi connectivity index (χ4v) is 4.35. The normalized spacial score (nSPS) is 19.8. The van der Waals surface area contributed by atoms with Crippen LogP contribution in [0.15, 0.2) is 48.2 Å². The zero-order chi connectivity index (χ0) is 22.5. The van der Waals surface area contributed by atoms with Crippen molar-refractivity contribution in [2.45, 2.75) is 37.7 Å². The van der Waals surface area contributed by atoms with Crippen LogP contribution >= 0.6 is 11.6 Å². The number of rotatable bonds is 7. The number of carbonyl (C=O) groups excluding carboxylic acids is 1. The fourth-order valence-electron chi connectivity index (χ4n) is 4.23. The summed E-state index contributed by atoms with van der Waals surface area (Å²) >= 11 is 5.79. The van der Waals surface area contributed by atoms with Gasteiger partial charge in [-0.05, 0) is 61.7 Å². The number of cyclic esters (lactones) is 1. The molecule has 2 aliphatic heterocycles. The highest BCUT2D eigenvalue weighted by molar-refractivity contribution is 6.30. The third-order valence-electron chi connectivity index (χ3n) is 5.96. The second kappa shape index (κ2) is 10.5. The fraction of sp³-hybridized carbons (Fsp3) is 0.400. The van der Waals surface area contributed by atoms with Crippen LogP contribution in [-0.2, 0) is 9.53 Å². The first-order chi connectivity index (χ1) is 15.5. The van der Waals surface area contributed by atoms with Crippen molar-refractivity contribution in [3.05, 3.63) is 70.2 Å². The van der Waals surface area contributed by atoms with Crippen LogP contribution in [0.4, 0.5) is 4.39 Å². The van der Waals surface area contributed by atoms with Crippen LogP contribution in [0.25, 0.3) is 6.08 Å². The zero-order valence-electron chi connectivity index (χ0n) is 17.8. The predicted octanol–water partition coefficient (Wildman–Crippen LogP) is 4.78. The van der Waals surface area contributed by atoms with Gasteiger partial charge in [0.1, 0.15) is 30.0 Å². The molecule has 0 amide bonds. The third kappa shape index (κ3) is 5.88. The van der Waals surface area contributed by atoms with Crippen molar-refractivity contribution in [2.75, 3.05) is 26.2 Å². The van der Waals surface area contributed by atoms with E-state index in [1.54, 1.807) is 6.07 Å². The SMILES string of the molecule is O=C1CCC(=Cc2ccccc2OC[C@@H](O)CN2CCC(c3ccc(Cl)c(F)c3)CC2)O1. The Kier molecular flexibility index (Phi) is 7.45. The van der Waals surface area contributed by atoms with E-state index in [4.69, 9.17) is 21.1 Å². The van der Waals surface area contributed by atoms with E-state index in [0.717, 1.165) is 37.1 Å². The molecule has 32 heavy (non-hydrogen) atoms. The molecule has 2 fully saturated rings. The summed E-state index contributed by atoms with van der Waals surface area (Å²) in [6, 6.07) is 12.5. The molecule has 0 radical (unpaired) electrons. The molecule has 0 saturated carbocycles. The van der Waals surface area contributed by atoms with Crippen LogP contribution in [-0.4, -0.2) is 48.3 Å². The number of halogens is 2. The highest BCUT2D eigenvalue weighted by Gasteiger charge is 2.23. The first-order valence-corrected chi connectivity index (χ1v) is 11.3. The monoisotopic (exact) mass is 459 g/mol. The molecule has 1 N–H and O–H groups in total. The van der Waals surface area contributed by atoms with Gasteiger partial charge in [-0.25, -0.2) is 4.39 Å². The average molecular weight is 460 g/mol. The topological polar surface area (TPSA) is 59.0 Å². The lowest BCUT2D eigenvalue weighted by Gasteiger charge is -2.33. The summed E-state index contributed by atoms with van der Waals surface area (Å²) in [4.78, 5) is 13.5. The van der Waals surface area contributed by atoms with Gasteiger partial charge in [0.2, 0.25) is 0 Å². The molecule has 2 aromatic rings. The second-order valence-electron chi connectivity index (χ2n) is 8.34. The molecule has 7 heteroatoms. The lowest BCUT2D eigenvalue weighted by Crippen LogP contribution is -2.40. The number of esters is 1. The van der Waals surface area contributed by atoms with Crippen LogP contribution in [0.5, 0.6) is 5.75 Å². The highest BCUT2D eigenvalue weighted by atomic mass is 35.5. The molecule has 2 aromatic carbocycles. The second-order valence-corrected chi connectivity index (χ2v) is 8.74. The van der Waals surface area contributed by atoms with E-state index in [2.05, 4.69) is 4.90 Å². The number of para-hydroxylation sites is 1. The predicted molar refractivity (Wildman–Crippen MR) is 121 cm³/mol. The summed E-state index contributed by atoms with van der Waals surface area (Å²) in [5.41, 5.74) is 1.80. The van der Waals surface area contributed by atoms with Crippen LogP contribution in [0, 0.1) is 5.82 Å². The molecular formula is C25H27ClFNO4. The van der Waals surface area contributed by atoms with Crippen molar-refractivity contribution in [3.63, 3.8) is 0 Å². The van der Waals surface area contributed by atoms with E-state index in [-0.39, 0.29) is 23.4 Å². The molecule has 2 saturated heterocycles. The molecule has 1 atom stereocenters. The summed E-state index contributed by atoms with van der Waals surface area (Å²) in [5.74, 6) is 0.993. The highest BCUT2D eigenvalue weighted by Crippen LogP contribution is 2.30. The summed E-state index contributed by atoms with van der Waals surface area (Å²) in [6.07, 6.45) is 3.99. The number of hydrogen-bond acceptors (Lipinski definition) is 5. The van der Waals surface area contributed by atoms with Crippen molar-refractivity contribution in [3.8, 4) is 5.75 Å². The van der Waals surface area contributed by atoms with E-state index in [9.17, 15) is 14.3 Å². The van der Waals surface area contributed by atoms with Gasteiger partial charge in [-0.3, -0.25) is 4.79 Å². The number of benzene rings is 2. The molecule has 2 heterocycles. The van der Waals surface area contributed by atoms with Crippen molar-refractivity contribution >= 4 is 23.6 Å². The summed E-state index contributed by atoms with van der Waals surface area (Å²) in [6.45, 7) is 2.35. The van der Waals surface area contributed by atoms with Gasteiger partial charge in [-0.15, -0.1) is 0 Å². The maximum Gasteiger partial charge on any atom is 0.311 e. The van der Waals surface area contributed by atoms with E-state index < -0.39 is 6.10 Å². The summed E-state index contributed by atoms with van der Waals surface area (Å²) in [7, 11) is 0. The Balaban J connectivity index is 1.26. The van der Waals surface area contributed by atoms with Crippen molar-refractivity contribution in [1.82, 2.24) is 4.90 Å². The largest absolute Gasteiger partial charge is 0.490 e. The van der Waals surface area contributed by atoms with Crippen molar-refractivity contribution in [1.29, 1.82) is 0 Å². The number of ether oxygens (including phenoxy) is 2. The van der Waals surface area contributed by atoms with E-state index in [1.807, 2.05) is 36.4 Å². The first-order valence-electron chi connectivity index (χ1n) is 11.0. The quantitative estimate of drug-likeness (QED) is 0.604. The van der Waals surface area contributed by atoms with Crippen molar-refractivity contribution in [2.24, 2.45) is 0 Å². The summed E-state index contributed by atoms with van der Waals surface area (Å²) in [5, 5.41) is 10.7. The number of nitrogens with zero attached hydrogens (tertiary/aromatic N) is 1. The number of aliphatic hydroxyl groups excluding tert-OH is 1. The molecule has 4 rings (SSSR count). The average Bonchev–Trinajstić information content (AvgIpc) is 3.20. The molecule has 0 aliphatic carbocycles. The number of carbonyl (C=O) groups is 1. The van der Waals surface area contributed by atoms with Gasteiger partial charge in [0.25, 0.3) is 0 Å². The Hall–Kier alpha value is -2.41. The molecule has 0 bridgehead atoms. The van der Waals surface area contributed by atoms with E-state index >= 15 is 0 Å². The summed E-state index contributed by atoms with van der Waals surface area (Å²) < 4.78 is 24.8. The molecule has 170 valence electrons. The Labute approximate surface area is 192 Å². The minimum Gasteiger partial charge on any atom is -0.490 e. The lowest BCUT2D eigenvalue weighted by molar-refractivity contribution is -0.135. The van der Waals surface area contributed by atoms with Gasteiger partial charge >= 0.3 is 5.97 Å². The number of hydrogen-bond donors (Lipinski definition) is 1. The number of piperidine rings is 1. The van der Waals surface area contributed by atoms with E-state index in [0.29, 0.717) is 36.8 Å². The van der Waals surface area contributed by atoms with Gasteiger partial charge in [-0.1, -0.05) is 35.9 Å². The van der Waals surface area contributed by atoms with Crippen LogP contribution in [0.3, 0.4) is 0 Å². The van der Waals surface area contributed by atoms with Crippen LogP contribution in [0.2, 0.25) is 5.02 Å². The molecule has 2 aliphatic rings. The smallest absolute Gasteiger partial charge is 0.311 e. The third-order valence-corrected chi connectivity index (χ3v) is 6.27. The maximum atomic E-state index is 13.8. The molecule has 0 spiro atoms. The van der Waals surface area contributed by atoms with Gasteiger partial charge in [0.05, 0.1) is 11.4 Å². The zero-order valence-corrected chi connectivity index (χ0v) is 18.6. The number of β-amino-alcohol motifs (C(OH)–C–C–N with tert-alkyl or cyclic N) is 1. The molecule has 0 aromatic heterocycles. The Morgan fingerprint density at radius 3 is 2.72 bits per heavy atom. The van der Waals surface area contributed by atoms with Crippen LogP contribution < -0.4 is 4.74 Å². The Bertz CT molecular complexity index is 988. The minimum atomic E-state index is -0.635. The first kappa shape index (κ1) is 22.8. The maximum absolute atomic E-state index is 13.8. The van der Waals surface area contributed by atoms with Gasteiger partial charge in [-0.2, -0.15) is 0 Å². The van der Waals surface area contributed by atoms with Gasteiger partial charge in [0, 0.05) is 18.5 Å². The van der Waals surface area contributed by atoms with E-state index in [1.165, 1.54) is 6.07 Å². The number of aliphatic hydroxyl groups is 1. The molecular weight excluding hydrogens is 433 g/mol. The van der Waals surface area contributed by atoms with Gasteiger partial charge < -0.3 is 19.5 Å². The molecule has 0 unspecified atom stereocenters. The standard InChI is InChI=1S/C25H27ClFNO4/c26-22-7-5-18(14-23(22)27)17-9-11-28(12-10-17)15-20(29)16-31-24-4-2-1-3-19(24)13-21-6-8-25(30)32-21/h1-5,7,13-14,17,20,29H,6,8-12,15-16H2/t20-/m0/s1. The van der Waals surface area contributed by atoms with Gasteiger partial charge in [0.15, 0.2) is 0 Å². The Morgan fingerprint density at radius 1 is 1.22 bits per heavy atom. The minimum absolute atomic E-state index is 0.149. The van der Waals surface area contributed by atoms with Crippen LogP contribution in [0.1, 0.15) is 42.7 Å². The van der Waals surface area contributed by atoms with Crippen molar-refractivity contribution < 1.29 is 23.8 Å². The number of allylic oxidation sites excluding steroid dienone is 1. The molecule has 5 nitrogen and oxygen atoms in total. The number of likely N-dealkylation sites (tertiary alicyclic amines) is 1.